The summed E-state index contributed by atoms with van der Waals surface area (Å²) >= 11 is 0. The van der Waals surface area contributed by atoms with Crippen LogP contribution in [0.5, 0.6) is 0 Å². The molecule has 0 aliphatic heterocycles. The lowest BCUT2D eigenvalue weighted by Gasteiger charge is -2.35. The molecule has 3 heteroatoms. The fourth-order valence-electron chi connectivity index (χ4n) is 5.20. The summed E-state index contributed by atoms with van der Waals surface area (Å²) in [6.07, 6.45) is 0. The van der Waals surface area contributed by atoms with Gasteiger partial charge < -0.3 is 0 Å². The van der Waals surface area contributed by atoms with Gasteiger partial charge in [-0.2, -0.15) is 0 Å². The second-order valence-corrected chi connectivity index (χ2v) is 8.77. The Morgan fingerprint density at radius 3 is 2.04 bits per heavy atom. The van der Waals surface area contributed by atoms with E-state index >= 15 is 0 Å². The maximum atomic E-state index is 11.6. The monoisotopic (exact) mass is 343 g/mol. The molecule has 3 nitrogen and oxygen atoms in total. The van der Waals surface area contributed by atoms with Crippen LogP contribution in [-0.4, -0.2) is 4.92 Å². The molecule has 3 aromatic rings. The quantitative estimate of drug-likeness (QED) is 0.401. The van der Waals surface area contributed by atoms with E-state index in [1.165, 1.54) is 38.6 Å². The molecule has 0 spiro atoms. The highest BCUT2D eigenvalue weighted by molar-refractivity contribution is 6.09. The molecule has 0 bridgehead atoms. The number of hydrogen-bond donors (Lipinski definition) is 0. The number of nitrogens with zero attached hydrogens (tertiary/aromatic N) is 1. The number of nitro benzene ring substituents is 1. The third kappa shape index (κ3) is 1.55. The Bertz CT molecular complexity index is 1170. The molecule has 0 amide bonds. The standard InChI is InChI=1S/C23H21NO2/c1-12-9-16-21-19-14(12)7-6-8-15(19)22(2,3)17-10-13(24(25)26)11-18(20(17)21)23(16,4)5/h6-11H,1-5H3. The lowest BCUT2D eigenvalue weighted by atomic mass is 9.68. The van der Waals surface area contributed by atoms with E-state index in [0.717, 1.165) is 11.1 Å². The van der Waals surface area contributed by atoms with Crippen LogP contribution in [-0.2, 0) is 10.8 Å². The van der Waals surface area contributed by atoms with Gasteiger partial charge in [0.25, 0.3) is 5.69 Å². The van der Waals surface area contributed by atoms with Gasteiger partial charge >= 0.3 is 0 Å². The molecule has 0 radical (unpaired) electrons. The highest BCUT2D eigenvalue weighted by Gasteiger charge is 2.46. The zero-order valence-electron chi connectivity index (χ0n) is 15.7. The number of rotatable bonds is 1. The van der Waals surface area contributed by atoms with Gasteiger partial charge in [0.2, 0.25) is 0 Å². The predicted octanol–water partition coefficient (Wildman–Crippen LogP) is 6.00. The minimum Gasteiger partial charge on any atom is -0.258 e. The van der Waals surface area contributed by atoms with Crippen molar-refractivity contribution >= 4 is 16.5 Å². The smallest absolute Gasteiger partial charge is 0.258 e. The summed E-state index contributed by atoms with van der Waals surface area (Å²) in [5.41, 5.74) is 8.22. The van der Waals surface area contributed by atoms with Crippen molar-refractivity contribution in [3.63, 3.8) is 0 Å². The van der Waals surface area contributed by atoms with Crippen LogP contribution in [0.15, 0.2) is 36.4 Å². The molecular weight excluding hydrogens is 322 g/mol. The van der Waals surface area contributed by atoms with Crippen molar-refractivity contribution < 1.29 is 4.92 Å². The average Bonchev–Trinajstić information content (AvgIpc) is 2.81. The molecular formula is C23H21NO2. The molecule has 0 saturated carbocycles. The predicted molar refractivity (Wildman–Crippen MR) is 105 cm³/mol. The van der Waals surface area contributed by atoms with E-state index < -0.39 is 0 Å². The second kappa shape index (κ2) is 4.35. The Balaban J connectivity index is 2.10. The number of non-ortho nitro benzene ring substituents is 1. The van der Waals surface area contributed by atoms with Crippen LogP contribution in [0.25, 0.3) is 21.9 Å². The van der Waals surface area contributed by atoms with Gasteiger partial charge in [-0.15, -0.1) is 0 Å². The molecule has 5 rings (SSSR count). The number of hydrogen-bond acceptors (Lipinski definition) is 2. The third-order valence-electron chi connectivity index (χ3n) is 6.65. The Hall–Kier alpha value is -2.68. The summed E-state index contributed by atoms with van der Waals surface area (Å²) in [4.78, 5) is 11.4. The number of aryl methyl sites for hydroxylation is 1. The van der Waals surface area contributed by atoms with Crippen molar-refractivity contribution in [3.05, 3.63) is 74.3 Å². The minimum atomic E-state index is -0.270. The fraction of sp³-hybridized carbons (Fsp3) is 0.304. The van der Waals surface area contributed by atoms with E-state index in [1.807, 2.05) is 0 Å². The molecule has 2 aliphatic carbocycles. The Morgan fingerprint density at radius 1 is 0.846 bits per heavy atom. The molecule has 0 fully saturated rings. The zero-order chi connectivity index (χ0) is 18.6. The largest absolute Gasteiger partial charge is 0.270 e. The maximum absolute atomic E-state index is 11.6. The van der Waals surface area contributed by atoms with Crippen LogP contribution < -0.4 is 0 Å². The zero-order valence-corrected chi connectivity index (χ0v) is 15.7. The van der Waals surface area contributed by atoms with Crippen molar-refractivity contribution in [2.24, 2.45) is 0 Å². The summed E-state index contributed by atoms with van der Waals surface area (Å²) in [6, 6.07) is 12.4. The molecule has 2 aliphatic rings. The van der Waals surface area contributed by atoms with Crippen molar-refractivity contribution in [3.8, 4) is 11.1 Å². The van der Waals surface area contributed by atoms with Crippen molar-refractivity contribution in [1.29, 1.82) is 0 Å². The third-order valence-corrected chi connectivity index (χ3v) is 6.65. The first-order valence-corrected chi connectivity index (χ1v) is 9.06. The average molecular weight is 343 g/mol. The number of benzene rings is 3. The lowest BCUT2D eigenvalue weighted by Crippen LogP contribution is -2.24. The van der Waals surface area contributed by atoms with Gasteiger partial charge in [-0.25, -0.2) is 0 Å². The van der Waals surface area contributed by atoms with Crippen LogP contribution in [0.3, 0.4) is 0 Å². The molecule has 26 heavy (non-hydrogen) atoms. The molecule has 0 heterocycles. The number of nitro groups is 1. The second-order valence-electron chi connectivity index (χ2n) is 8.77. The summed E-state index contributed by atoms with van der Waals surface area (Å²) in [5, 5.41) is 14.3. The van der Waals surface area contributed by atoms with E-state index in [0.29, 0.717) is 0 Å². The Labute approximate surface area is 152 Å². The van der Waals surface area contributed by atoms with E-state index in [2.05, 4.69) is 58.9 Å². The van der Waals surface area contributed by atoms with Crippen LogP contribution in [0.4, 0.5) is 5.69 Å². The van der Waals surface area contributed by atoms with Crippen LogP contribution >= 0.6 is 0 Å². The van der Waals surface area contributed by atoms with E-state index in [9.17, 15) is 10.1 Å². The van der Waals surface area contributed by atoms with E-state index in [4.69, 9.17) is 0 Å². The Morgan fingerprint density at radius 2 is 1.42 bits per heavy atom. The van der Waals surface area contributed by atoms with Gasteiger partial charge in [0.15, 0.2) is 0 Å². The van der Waals surface area contributed by atoms with Crippen molar-refractivity contribution in [2.75, 3.05) is 0 Å². The first-order chi connectivity index (χ1) is 12.2. The highest BCUT2D eigenvalue weighted by atomic mass is 16.6. The maximum Gasteiger partial charge on any atom is 0.270 e. The normalized spacial score (nSPS) is 17.6. The van der Waals surface area contributed by atoms with Crippen LogP contribution in [0.1, 0.15) is 55.5 Å². The molecule has 0 aromatic heterocycles. The van der Waals surface area contributed by atoms with Gasteiger partial charge in [0.1, 0.15) is 0 Å². The molecule has 130 valence electrons. The summed E-state index contributed by atoms with van der Waals surface area (Å²) in [7, 11) is 0. The molecule has 0 atom stereocenters. The van der Waals surface area contributed by atoms with E-state index in [1.54, 1.807) is 12.1 Å². The highest BCUT2D eigenvalue weighted by Crippen LogP contribution is 2.60. The van der Waals surface area contributed by atoms with Crippen LogP contribution in [0.2, 0.25) is 0 Å². The fourth-order valence-corrected chi connectivity index (χ4v) is 5.20. The molecule has 0 saturated heterocycles. The van der Waals surface area contributed by atoms with Crippen molar-refractivity contribution in [1.82, 2.24) is 0 Å². The van der Waals surface area contributed by atoms with E-state index in [-0.39, 0.29) is 21.4 Å². The van der Waals surface area contributed by atoms with Gasteiger partial charge in [0, 0.05) is 23.0 Å². The summed E-state index contributed by atoms with van der Waals surface area (Å²) in [5.74, 6) is 0. The molecule has 0 N–H and O–H groups in total. The Kier molecular flexibility index (Phi) is 2.60. The van der Waals surface area contributed by atoms with Gasteiger partial charge in [-0.3, -0.25) is 10.1 Å². The topological polar surface area (TPSA) is 43.1 Å². The first-order valence-electron chi connectivity index (χ1n) is 9.06. The van der Waals surface area contributed by atoms with Crippen molar-refractivity contribution in [2.45, 2.75) is 45.4 Å². The van der Waals surface area contributed by atoms with Gasteiger partial charge in [-0.1, -0.05) is 52.0 Å². The first kappa shape index (κ1) is 15.6. The molecule has 3 aromatic carbocycles. The summed E-state index contributed by atoms with van der Waals surface area (Å²) in [6.45, 7) is 10.9. The molecule has 0 unspecified atom stereocenters. The van der Waals surface area contributed by atoms with Gasteiger partial charge in [-0.05, 0) is 56.6 Å². The minimum absolute atomic E-state index is 0.194. The SMILES string of the molecule is Cc1cc2c3c4c(cccc14)C(C)(C)c1cc([N+](=O)[O-])cc(c1-3)C2(C)C. The lowest BCUT2D eigenvalue weighted by molar-refractivity contribution is -0.385. The van der Waals surface area contributed by atoms with Gasteiger partial charge in [0.05, 0.1) is 4.92 Å². The van der Waals surface area contributed by atoms with Crippen LogP contribution in [0, 0.1) is 17.0 Å². The summed E-state index contributed by atoms with van der Waals surface area (Å²) < 4.78 is 0.